The van der Waals surface area contributed by atoms with E-state index in [1.165, 1.54) is 15.6 Å². The van der Waals surface area contributed by atoms with E-state index in [0.717, 1.165) is 6.07 Å². The number of aryl methyl sites for hydroxylation is 1. The molecule has 2 fully saturated rings. The van der Waals surface area contributed by atoms with E-state index >= 15 is 0 Å². The first-order valence-corrected chi connectivity index (χ1v) is 8.64. The molecule has 4 rings (SSSR count). The molecule has 3 heterocycles. The molecular weight excluding hydrogens is 363 g/mol. The third-order valence-corrected chi connectivity index (χ3v) is 5.11. The lowest BCUT2D eigenvalue weighted by Crippen LogP contribution is -2.49. The van der Waals surface area contributed by atoms with E-state index in [4.69, 9.17) is 0 Å². The van der Waals surface area contributed by atoms with Crippen molar-refractivity contribution in [3.63, 3.8) is 0 Å². The molecule has 0 spiro atoms. The number of halogens is 3. The number of fused-ring (bicyclic) bond motifs is 1. The van der Waals surface area contributed by atoms with Gasteiger partial charge in [-0.3, -0.25) is 19.7 Å². The Bertz CT molecular complexity index is 942. The van der Waals surface area contributed by atoms with Crippen LogP contribution in [0.15, 0.2) is 12.1 Å². The Labute approximate surface area is 152 Å². The van der Waals surface area contributed by atoms with Crippen LogP contribution >= 0.6 is 0 Å². The summed E-state index contributed by atoms with van der Waals surface area (Å²) in [5.74, 6) is -5.23. The average molecular weight is 381 g/mol. The Kier molecular flexibility index (Phi) is 4.10. The van der Waals surface area contributed by atoms with Crippen molar-refractivity contribution >= 4 is 28.7 Å². The molecular formula is C17H18F3N5O2. The van der Waals surface area contributed by atoms with E-state index in [2.05, 4.69) is 15.7 Å². The van der Waals surface area contributed by atoms with Crippen LogP contribution in [-0.4, -0.2) is 47.3 Å². The summed E-state index contributed by atoms with van der Waals surface area (Å²) in [6.45, 7) is 0.0105. The molecule has 2 saturated heterocycles. The van der Waals surface area contributed by atoms with Crippen molar-refractivity contribution in [2.45, 2.75) is 24.7 Å². The van der Waals surface area contributed by atoms with Crippen LogP contribution < -0.4 is 15.5 Å². The van der Waals surface area contributed by atoms with Crippen LogP contribution in [0.3, 0.4) is 0 Å². The molecule has 7 nitrogen and oxygen atoms in total. The van der Waals surface area contributed by atoms with Gasteiger partial charge in [0.2, 0.25) is 5.91 Å². The predicted molar refractivity (Wildman–Crippen MR) is 91.3 cm³/mol. The highest BCUT2D eigenvalue weighted by Gasteiger charge is 2.44. The molecule has 2 N–H and O–H groups in total. The lowest BCUT2D eigenvalue weighted by molar-refractivity contribution is -0.120. The first-order valence-electron chi connectivity index (χ1n) is 8.64. The van der Waals surface area contributed by atoms with Gasteiger partial charge in [-0.05, 0) is 30.7 Å². The third kappa shape index (κ3) is 2.93. The molecule has 2 aliphatic rings. The number of amides is 3. The molecule has 1 aromatic heterocycles. The largest absolute Gasteiger partial charge is 0.329 e. The number of piperidine rings is 1. The first-order chi connectivity index (χ1) is 12.8. The van der Waals surface area contributed by atoms with E-state index in [-0.39, 0.29) is 30.8 Å². The van der Waals surface area contributed by atoms with E-state index in [1.54, 1.807) is 7.05 Å². The number of hydrogen-bond donors (Lipinski definition) is 2. The summed E-state index contributed by atoms with van der Waals surface area (Å²) in [6.07, 6.45) is 0.225. The second kappa shape index (κ2) is 6.22. The van der Waals surface area contributed by atoms with Gasteiger partial charge in [0.15, 0.2) is 5.82 Å². The van der Waals surface area contributed by atoms with Gasteiger partial charge in [-0.1, -0.05) is 0 Å². The number of anilines is 1. The fourth-order valence-electron chi connectivity index (χ4n) is 3.73. The molecule has 0 aliphatic carbocycles. The Balaban J connectivity index is 1.79. The molecule has 10 heteroatoms. The SMILES string of the molecule is Cn1nc(N2CCC(=O)NC2=O)c2cc(F)c([C@@H]3CCNCC3(F)F)cc21. The number of alkyl halides is 2. The fraction of sp³-hybridized carbons (Fsp3) is 0.471. The average Bonchev–Trinajstić information content (AvgIpc) is 2.90. The van der Waals surface area contributed by atoms with Crippen LogP contribution in [0.2, 0.25) is 0 Å². The fourth-order valence-corrected chi connectivity index (χ4v) is 3.73. The number of aromatic nitrogens is 2. The van der Waals surface area contributed by atoms with E-state index < -0.39 is 36.1 Å². The summed E-state index contributed by atoms with van der Waals surface area (Å²) in [5, 5.41) is 9.41. The number of rotatable bonds is 2. The number of carbonyl (C=O) groups is 2. The van der Waals surface area contributed by atoms with Crippen LogP contribution in [-0.2, 0) is 11.8 Å². The molecule has 144 valence electrons. The molecule has 0 saturated carbocycles. The van der Waals surface area contributed by atoms with Crippen LogP contribution in [0.4, 0.5) is 23.8 Å². The van der Waals surface area contributed by atoms with Crippen LogP contribution in [0.5, 0.6) is 0 Å². The van der Waals surface area contributed by atoms with E-state index in [9.17, 15) is 22.8 Å². The maximum absolute atomic E-state index is 14.8. The number of carbonyl (C=O) groups excluding carboxylic acids is 2. The number of imide groups is 1. The zero-order chi connectivity index (χ0) is 19.3. The smallest absolute Gasteiger partial charge is 0.311 e. The number of benzene rings is 1. The molecule has 27 heavy (non-hydrogen) atoms. The summed E-state index contributed by atoms with van der Waals surface area (Å²) < 4.78 is 44.8. The number of nitrogens with zero attached hydrogens (tertiary/aromatic N) is 3. The first kappa shape index (κ1) is 17.8. The maximum atomic E-state index is 14.8. The van der Waals surface area contributed by atoms with Crippen LogP contribution in [0.1, 0.15) is 24.3 Å². The second-order valence-electron chi connectivity index (χ2n) is 6.87. The normalized spacial score (nSPS) is 23.0. The molecule has 0 bridgehead atoms. The van der Waals surface area contributed by atoms with Gasteiger partial charge >= 0.3 is 6.03 Å². The minimum Gasteiger partial charge on any atom is -0.311 e. The summed E-state index contributed by atoms with van der Waals surface area (Å²) in [5.41, 5.74) is 0.391. The molecule has 0 radical (unpaired) electrons. The zero-order valence-electron chi connectivity index (χ0n) is 14.6. The van der Waals surface area contributed by atoms with Gasteiger partial charge in [-0.25, -0.2) is 18.0 Å². The Morgan fingerprint density at radius 2 is 2.07 bits per heavy atom. The summed E-state index contributed by atoms with van der Waals surface area (Å²) in [4.78, 5) is 24.7. The summed E-state index contributed by atoms with van der Waals surface area (Å²) in [6, 6.07) is 1.90. The maximum Gasteiger partial charge on any atom is 0.329 e. The molecule has 3 amide bonds. The number of urea groups is 1. The standard InChI is InChI=1S/C17H18F3N5O2/c1-24-13-7-9(11-2-4-21-8-17(11,19)20)12(18)6-10(13)15(23-24)25-5-3-14(26)22-16(25)27/h6-7,11,21H,2-5,8H2,1H3,(H,22,26,27)/t11-/m0/s1. The number of hydrogen-bond acceptors (Lipinski definition) is 4. The van der Waals surface area contributed by atoms with Crippen molar-refractivity contribution in [3.8, 4) is 0 Å². The topological polar surface area (TPSA) is 79.3 Å². The Morgan fingerprint density at radius 1 is 1.30 bits per heavy atom. The van der Waals surface area contributed by atoms with E-state index in [1.807, 2.05) is 0 Å². The van der Waals surface area contributed by atoms with Crippen LogP contribution in [0, 0.1) is 5.82 Å². The highest BCUT2D eigenvalue weighted by Crippen LogP contribution is 2.41. The zero-order valence-corrected chi connectivity index (χ0v) is 14.6. The van der Waals surface area contributed by atoms with Gasteiger partial charge in [-0.15, -0.1) is 0 Å². The van der Waals surface area contributed by atoms with Gasteiger partial charge in [0.1, 0.15) is 5.82 Å². The van der Waals surface area contributed by atoms with Gasteiger partial charge in [-0.2, -0.15) is 5.10 Å². The molecule has 1 atom stereocenters. The molecule has 0 unspecified atom stereocenters. The highest BCUT2D eigenvalue weighted by atomic mass is 19.3. The van der Waals surface area contributed by atoms with Crippen molar-refractivity contribution < 1.29 is 22.8 Å². The Morgan fingerprint density at radius 3 is 2.78 bits per heavy atom. The third-order valence-electron chi connectivity index (χ3n) is 5.11. The summed E-state index contributed by atoms with van der Waals surface area (Å²) >= 11 is 0. The monoisotopic (exact) mass is 381 g/mol. The van der Waals surface area contributed by atoms with Gasteiger partial charge in [0.25, 0.3) is 5.92 Å². The minimum atomic E-state index is -3.05. The molecule has 2 aromatic rings. The summed E-state index contributed by atoms with van der Waals surface area (Å²) in [7, 11) is 1.60. The lowest BCUT2D eigenvalue weighted by Gasteiger charge is -2.32. The van der Waals surface area contributed by atoms with Crippen molar-refractivity contribution in [2.75, 3.05) is 24.5 Å². The Hall–Kier alpha value is -2.62. The van der Waals surface area contributed by atoms with Crippen molar-refractivity contribution in [1.29, 1.82) is 0 Å². The van der Waals surface area contributed by atoms with Crippen molar-refractivity contribution in [3.05, 3.63) is 23.5 Å². The van der Waals surface area contributed by atoms with E-state index in [0.29, 0.717) is 17.4 Å². The minimum absolute atomic E-state index is 0.0539. The van der Waals surface area contributed by atoms with Crippen LogP contribution in [0.25, 0.3) is 10.9 Å². The lowest BCUT2D eigenvalue weighted by atomic mass is 9.86. The number of nitrogens with one attached hydrogen (secondary N) is 2. The molecule has 1 aromatic carbocycles. The second-order valence-corrected chi connectivity index (χ2v) is 6.87. The van der Waals surface area contributed by atoms with Gasteiger partial charge in [0.05, 0.1) is 18.0 Å². The van der Waals surface area contributed by atoms with Crippen molar-refractivity contribution in [1.82, 2.24) is 20.4 Å². The van der Waals surface area contributed by atoms with Crippen molar-refractivity contribution in [2.24, 2.45) is 7.05 Å². The highest BCUT2D eigenvalue weighted by molar-refractivity contribution is 6.08. The predicted octanol–water partition coefficient (Wildman–Crippen LogP) is 1.87. The quantitative estimate of drug-likeness (QED) is 0.833. The van der Waals surface area contributed by atoms with Gasteiger partial charge in [0, 0.05) is 25.4 Å². The van der Waals surface area contributed by atoms with Gasteiger partial charge < -0.3 is 5.32 Å². The molecule has 2 aliphatic heterocycles.